The van der Waals surface area contributed by atoms with E-state index in [-0.39, 0.29) is 11.7 Å². The Labute approximate surface area is 97.8 Å². The van der Waals surface area contributed by atoms with Crippen molar-refractivity contribution >= 4 is 15.9 Å². The van der Waals surface area contributed by atoms with Gasteiger partial charge in [0.05, 0.1) is 5.75 Å². The predicted octanol–water partition coefficient (Wildman–Crippen LogP) is 0.752. The summed E-state index contributed by atoms with van der Waals surface area (Å²) in [7, 11) is -3.40. The normalized spacial score (nSPS) is 11.4. The molecule has 0 saturated carbocycles. The summed E-state index contributed by atoms with van der Waals surface area (Å²) in [6, 6.07) is 0. The summed E-state index contributed by atoms with van der Waals surface area (Å²) in [6.07, 6.45) is 5.17. The van der Waals surface area contributed by atoms with Gasteiger partial charge in [-0.15, -0.1) is 0 Å². The lowest BCUT2D eigenvalue weighted by Crippen LogP contribution is -2.27. The van der Waals surface area contributed by atoms with Gasteiger partial charge in [-0.25, -0.2) is 13.6 Å². The highest BCUT2D eigenvalue weighted by atomic mass is 32.2. The molecule has 0 radical (unpaired) electrons. The molecule has 0 spiro atoms. The number of sulfonamides is 1. The molecule has 5 nitrogen and oxygen atoms in total. The van der Waals surface area contributed by atoms with Crippen LogP contribution < -0.4 is 10.5 Å². The van der Waals surface area contributed by atoms with Crippen LogP contribution in [-0.4, -0.2) is 26.6 Å². The molecule has 0 aromatic rings. The predicted molar refractivity (Wildman–Crippen MR) is 64.4 cm³/mol. The number of nitrogens with one attached hydrogen (secondary N) is 1. The Balaban J connectivity index is 3.37. The molecule has 0 aromatic carbocycles. The molecule has 0 saturated heterocycles. The molecule has 96 valence electrons. The maximum absolute atomic E-state index is 11.2. The van der Waals surface area contributed by atoms with Gasteiger partial charge in [0.2, 0.25) is 15.9 Å². The Bertz CT molecular complexity index is 288. The molecule has 0 rings (SSSR count). The average molecular weight is 250 g/mol. The fourth-order valence-corrected chi connectivity index (χ4v) is 1.85. The Hall–Kier alpha value is -0.620. The minimum atomic E-state index is -3.40. The maximum atomic E-state index is 11.2. The summed E-state index contributed by atoms with van der Waals surface area (Å²) < 4.78 is 21.2. The third-order valence-corrected chi connectivity index (χ3v) is 3.04. The van der Waals surface area contributed by atoms with Crippen LogP contribution in [0.15, 0.2) is 0 Å². The first-order valence-electron chi connectivity index (χ1n) is 5.73. The van der Waals surface area contributed by atoms with Gasteiger partial charge in [0, 0.05) is 13.0 Å². The number of carbonyl (C=O) groups excluding carboxylic acids is 1. The van der Waals surface area contributed by atoms with E-state index in [1.165, 1.54) is 0 Å². The molecule has 16 heavy (non-hydrogen) atoms. The van der Waals surface area contributed by atoms with Crippen LogP contribution in [0.2, 0.25) is 0 Å². The second-order valence-corrected chi connectivity index (χ2v) is 5.62. The lowest BCUT2D eigenvalue weighted by molar-refractivity contribution is -0.121. The number of amides is 1. The lowest BCUT2D eigenvalue weighted by atomic mass is 10.1. The summed E-state index contributed by atoms with van der Waals surface area (Å²) in [5.41, 5.74) is 0. The number of carbonyl (C=O) groups is 1. The molecule has 0 aromatic heterocycles. The number of unbranched alkanes of at least 4 members (excludes halogenated alkanes) is 3. The molecule has 0 unspecified atom stereocenters. The van der Waals surface area contributed by atoms with E-state index in [4.69, 9.17) is 5.14 Å². The Kier molecular flexibility index (Phi) is 8.19. The van der Waals surface area contributed by atoms with E-state index < -0.39 is 10.0 Å². The summed E-state index contributed by atoms with van der Waals surface area (Å²) in [6.45, 7) is 2.50. The van der Waals surface area contributed by atoms with Crippen LogP contribution in [-0.2, 0) is 14.8 Å². The molecule has 0 aliphatic rings. The monoisotopic (exact) mass is 250 g/mol. The molecule has 1 amide bonds. The van der Waals surface area contributed by atoms with Gasteiger partial charge in [-0.1, -0.05) is 26.2 Å². The summed E-state index contributed by atoms with van der Waals surface area (Å²) in [4.78, 5) is 11.2. The minimum absolute atomic E-state index is 0.00878. The number of hydrogen-bond donors (Lipinski definition) is 2. The molecule has 0 atom stereocenters. The molecule has 0 fully saturated rings. The van der Waals surface area contributed by atoms with Crippen molar-refractivity contribution in [3.8, 4) is 0 Å². The Morgan fingerprint density at radius 2 is 1.88 bits per heavy atom. The highest BCUT2D eigenvalue weighted by Gasteiger charge is 2.03. The summed E-state index contributed by atoms with van der Waals surface area (Å²) >= 11 is 0. The van der Waals surface area contributed by atoms with Crippen molar-refractivity contribution in [1.29, 1.82) is 0 Å². The van der Waals surface area contributed by atoms with E-state index >= 15 is 0 Å². The third-order valence-electron chi connectivity index (χ3n) is 2.19. The molecule has 0 bridgehead atoms. The zero-order valence-corrected chi connectivity index (χ0v) is 10.7. The van der Waals surface area contributed by atoms with Gasteiger partial charge in [-0.3, -0.25) is 4.79 Å². The molecule has 3 N–H and O–H groups in total. The number of rotatable bonds is 9. The highest BCUT2D eigenvalue weighted by Crippen LogP contribution is 2.01. The van der Waals surface area contributed by atoms with Gasteiger partial charge in [-0.2, -0.15) is 0 Å². The topological polar surface area (TPSA) is 89.3 Å². The largest absolute Gasteiger partial charge is 0.356 e. The lowest BCUT2D eigenvalue weighted by Gasteiger charge is -2.04. The average Bonchev–Trinajstić information content (AvgIpc) is 2.18. The number of primary sulfonamides is 1. The summed E-state index contributed by atoms with van der Waals surface area (Å²) in [5, 5.41) is 7.50. The van der Waals surface area contributed by atoms with Crippen LogP contribution >= 0.6 is 0 Å². The van der Waals surface area contributed by atoms with Crippen LogP contribution in [0.3, 0.4) is 0 Å². The number of nitrogens with two attached hydrogens (primary N) is 1. The third kappa shape index (κ3) is 11.5. The van der Waals surface area contributed by atoms with Crippen molar-refractivity contribution in [2.24, 2.45) is 5.14 Å². The minimum Gasteiger partial charge on any atom is -0.356 e. The van der Waals surface area contributed by atoms with Crippen LogP contribution in [0.5, 0.6) is 0 Å². The van der Waals surface area contributed by atoms with Crippen molar-refractivity contribution in [3.05, 3.63) is 0 Å². The highest BCUT2D eigenvalue weighted by molar-refractivity contribution is 7.89. The van der Waals surface area contributed by atoms with Gasteiger partial charge >= 0.3 is 0 Å². The van der Waals surface area contributed by atoms with E-state index in [0.717, 1.165) is 25.7 Å². The first-order chi connectivity index (χ1) is 7.45. The van der Waals surface area contributed by atoms with Crippen LogP contribution in [0, 0.1) is 0 Å². The Morgan fingerprint density at radius 3 is 2.44 bits per heavy atom. The Morgan fingerprint density at radius 1 is 1.19 bits per heavy atom. The second kappa shape index (κ2) is 8.52. The van der Waals surface area contributed by atoms with Crippen molar-refractivity contribution in [2.75, 3.05) is 12.3 Å². The van der Waals surface area contributed by atoms with Crippen LogP contribution in [0.25, 0.3) is 0 Å². The first-order valence-corrected chi connectivity index (χ1v) is 7.44. The maximum Gasteiger partial charge on any atom is 0.219 e. The standard InChI is InChI=1S/C10H22N2O3S/c1-2-3-4-5-7-10(13)12-8-6-9-16(11,14)15/h2-9H2,1H3,(H,12,13)(H2,11,14,15). The van der Waals surface area contributed by atoms with Crippen LogP contribution in [0.1, 0.15) is 45.4 Å². The molecular weight excluding hydrogens is 228 g/mol. The molecule has 0 aliphatic heterocycles. The fourth-order valence-electron chi connectivity index (χ4n) is 1.30. The molecular formula is C10H22N2O3S. The van der Waals surface area contributed by atoms with Gasteiger partial charge in [0.15, 0.2) is 0 Å². The summed E-state index contributed by atoms with van der Waals surface area (Å²) in [5.74, 6) is -0.0890. The molecule has 6 heteroatoms. The molecule has 0 aliphatic carbocycles. The van der Waals surface area contributed by atoms with Crippen molar-refractivity contribution < 1.29 is 13.2 Å². The smallest absolute Gasteiger partial charge is 0.219 e. The van der Waals surface area contributed by atoms with E-state index in [9.17, 15) is 13.2 Å². The fraction of sp³-hybridized carbons (Fsp3) is 0.900. The van der Waals surface area contributed by atoms with Crippen molar-refractivity contribution in [3.63, 3.8) is 0 Å². The van der Waals surface area contributed by atoms with Gasteiger partial charge in [-0.05, 0) is 12.8 Å². The molecule has 0 heterocycles. The van der Waals surface area contributed by atoms with Crippen molar-refractivity contribution in [1.82, 2.24) is 5.32 Å². The van der Waals surface area contributed by atoms with Crippen LogP contribution in [0.4, 0.5) is 0 Å². The van der Waals surface area contributed by atoms with Gasteiger partial charge in [0.25, 0.3) is 0 Å². The second-order valence-electron chi connectivity index (χ2n) is 3.88. The van der Waals surface area contributed by atoms with E-state index in [1.807, 2.05) is 0 Å². The SMILES string of the molecule is CCCCCCC(=O)NCCCS(N)(=O)=O. The quantitative estimate of drug-likeness (QED) is 0.592. The zero-order chi connectivity index (χ0) is 12.4. The van der Waals surface area contributed by atoms with E-state index in [0.29, 0.717) is 19.4 Å². The number of hydrogen-bond acceptors (Lipinski definition) is 3. The zero-order valence-electron chi connectivity index (χ0n) is 9.87. The van der Waals surface area contributed by atoms with E-state index in [1.54, 1.807) is 0 Å². The van der Waals surface area contributed by atoms with E-state index in [2.05, 4.69) is 12.2 Å². The van der Waals surface area contributed by atoms with Gasteiger partial charge in [0.1, 0.15) is 0 Å². The van der Waals surface area contributed by atoms with Crippen molar-refractivity contribution in [2.45, 2.75) is 45.4 Å². The first kappa shape index (κ1) is 15.4. The van der Waals surface area contributed by atoms with Gasteiger partial charge < -0.3 is 5.32 Å².